The van der Waals surface area contributed by atoms with Gasteiger partial charge in [-0.1, -0.05) is 25.1 Å². The van der Waals surface area contributed by atoms with Gasteiger partial charge in [0.05, 0.1) is 11.3 Å². The highest BCUT2D eigenvalue weighted by Crippen LogP contribution is 2.27. The van der Waals surface area contributed by atoms with Crippen molar-refractivity contribution in [2.45, 2.75) is 51.2 Å². The van der Waals surface area contributed by atoms with Crippen molar-refractivity contribution >= 4 is 23.3 Å². The Morgan fingerprint density at radius 3 is 2.74 bits per heavy atom. The van der Waals surface area contributed by atoms with Gasteiger partial charge in [-0.25, -0.2) is 23.1 Å². The molecular formula is C21H23ClF3N5O. The van der Waals surface area contributed by atoms with Crippen molar-refractivity contribution in [2.75, 3.05) is 18.4 Å². The third kappa shape index (κ3) is 4.77. The average Bonchev–Trinajstić information content (AvgIpc) is 3.35. The molecule has 4 rings (SSSR count). The van der Waals surface area contributed by atoms with E-state index in [1.165, 1.54) is 12.1 Å². The van der Waals surface area contributed by atoms with Gasteiger partial charge in [-0.3, -0.25) is 4.79 Å². The molecule has 2 N–H and O–H groups in total. The number of aryl methyl sites for hydroxylation is 1. The third-order valence-electron chi connectivity index (χ3n) is 5.78. The number of hydrogen-bond donors (Lipinski definition) is 2. The van der Waals surface area contributed by atoms with Gasteiger partial charge in [-0.2, -0.15) is 0 Å². The molecule has 0 spiro atoms. The van der Waals surface area contributed by atoms with E-state index in [4.69, 9.17) is 11.6 Å². The van der Waals surface area contributed by atoms with Gasteiger partial charge in [-0.15, -0.1) is 0 Å². The summed E-state index contributed by atoms with van der Waals surface area (Å²) < 4.78 is 40.2. The maximum atomic E-state index is 14.3. The fraction of sp³-hybridized carbons (Fsp3) is 0.476. The van der Waals surface area contributed by atoms with Crippen LogP contribution in [0.3, 0.4) is 0 Å². The van der Waals surface area contributed by atoms with Gasteiger partial charge >= 0.3 is 0 Å². The van der Waals surface area contributed by atoms with Crippen LogP contribution in [-0.4, -0.2) is 45.9 Å². The average molecular weight is 454 g/mol. The SMILES string of the molecule is CCc1c(CCC(=O)N2CC3N[C@H]3C2)nc(Cl)nc1NCc1cccc(C(F)F)c1F. The summed E-state index contributed by atoms with van der Waals surface area (Å²) >= 11 is 6.09. The summed E-state index contributed by atoms with van der Waals surface area (Å²) in [4.78, 5) is 22.8. The van der Waals surface area contributed by atoms with Crippen LogP contribution >= 0.6 is 11.6 Å². The topological polar surface area (TPSA) is 80.1 Å². The Hall–Kier alpha value is -2.39. The lowest BCUT2D eigenvalue weighted by atomic mass is 10.1. The molecule has 1 aromatic heterocycles. The normalized spacial score (nSPS) is 19.6. The molecule has 6 nitrogen and oxygen atoms in total. The third-order valence-corrected chi connectivity index (χ3v) is 5.95. The van der Waals surface area contributed by atoms with Crippen molar-refractivity contribution < 1.29 is 18.0 Å². The Labute approximate surface area is 183 Å². The van der Waals surface area contributed by atoms with E-state index in [9.17, 15) is 18.0 Å². The van der Waals surface area contributed by atoms with Gasteiger partial charge in [0.15, 0.2) is 0 Å². The lowest BCUT2D eigenvalue weighted by molar-refractivity contribution is -0.130. The number of anilines is 1. The van der Waals surface area contributed by atoms with Crippen LogP contribution in [0.4, 0.5) is 19.0 Å². The molecule has 0 aliphatic carbocycles. The molecule has 2 fully saturated rings. The first-order valence-electron chi connectivity index (χ1n) is 10.3. The van der Waals surface area contributed by atoms with Gasteiger partial charge in [0.2, 0.25) is 11.2 Å². The summed E-state index contributed by atoms with van der Waals surface area (Å²) in [6.45, 7) is 3.37. The van der Waals surface area contributed by atoms with Gasteiger partial charge < -0.3 is 15.5 Å². The number of amides is 1. The fourth-order valence-corrected chi connectivity index (χ4v) is 4.21. The van der Waals surface area contributed by atoms with Crippen LogP contribution in [-0.2, 0) is 24.2 Å². The number of carbonyl (C=O) groups excluding carboxylic acids is 1. The molecular weight excluding hydrogens is 431 g/mol. The molecule has 1 unspecified atom stereocenters. The highest BCUT2D eigenvalue weighted by Gasteiger charge is 2.45. The van der Waals surface area contributed by atoms with Crippen LogP contribution in [0, 0.1) is 5.82 Å². The molecule has 31 heavy (non-hydrogen) atoms. The van der Waals surface area contributed by atoms with Gasteiger partial charge in [0.1, 0.15) is 11.6 Å². The lowest BCUT2D eigenvalue weighted by Gasteiger charge is -2.19. The number of likely N-dealkylation sites (tertiary alicyclic amines) is 1. The summed E-state index contributed by atoms with van der Waals surface area (Å²) in [5.74, 6) is -0.447. The predicted molar refractivity (Wildman–Crippen MR) is 111 cm³/mol. The number of piperazine rings is 1. The lowest BCUT2D eigenvalue weighted by Crippen LogP contribution is -2.33. The van der Waals surface area contributed by atoms with Crippen molar-refractivity contribution in [2.24, 2.45) is 0 Å². The molecule has 0 radical (unpaired) electrons. The van der Waals surface area contributed by atoms with Crippen molar-refractivity contribution in [1.82, 2.24) is 20.2 Å². The van der Waals surface area contributed by atoms with Crippen LogP contribution in [0.2, 0.25) is 5.28 Å². The minimum atomic E-state index is -2.89. The summed E-state index contributed by atoms with van der Waals surface area (Å²) in [5.41, 5.74) is 0.897. The molecule has 1 aromatic carbocycles. The maximum Gasteiger partial charge on any atom is 0.266 e. The van der Waals surface area contributed by atoms with Crippen molar-refractivity contribution in [3.05, 3.63) is 51.7 Å². The number of rotatable bonds is 8. The van der Waals surface area contributed by atoms with E-state index in [0.29, 0.717) is 42.9 Å². The Balaban J connectivity index is 1.46. The molecule has 0 saturated carbocycles. The molecule has 2 aliphatic heterocycles. The number of nitrogens with one attached hydrogen (secondary N) is 2. The van der Waals surface area contributed by atoms with E-state index in [2.05, 4.69) is 20.6 Å². The molecule has 2 atom stereocenters. The van der Waals surface area contributed by atoms with Crippen LogP contribution in [0.25, 0.3) is 0 Å². The van der Waals surface area contributed by atoms with Crippen molar-refractivity contribution in [3.8, 4) is 0 Å². The molecule has 2 saturated heterocycles. The summed E-state index contributed by atoms with van der Waals surface area (Å²) in [5, 5.41) is 6.30. The first-order chi connectivity index (χ1) is 14.9. The molecule has 10 heteroatoms. The Bertz CT molecular complexity index is 980. The molecule has 0 bridgehead atoms. The summed E-state index contributed by atoms with van der Waals surface area (Å²) in [6, 6.07) is 4.77. The molecule has 2 aliphatic rings. The first-order valence-corrected chi connectivity index (χ1v) is 10.6. The smallest absolute Gasteiger partial charge is 0.266 e. The minimum Gasteiger partial charge on any atom is -0.366 e. The predicted octanol–water partition coefficient (Wildman–Crippen LogP) is 3.50. The number of aromatic nitrogens is 2. The monoisotopic (exact) mass is 453 g/mol. The van der Waals surface area contributed by atoms with E-state index in [-0.39, 0.29) is 23.3 Å². The summed E-state index contributed by atoms with van der Waals surface area (Å²) in [6.07, 6.45) is -1.60. The number of alkyl halides is 2. The van der Waals surface area contributed by atoms with Gasteiger partial charge in [0, 0.05) is 49.3 Å². The molecule has 1 amide bonds. The van der Waals surface area contributed by atoms with Crippen molar-refractivity contribution in [3.63, 3.8) is 0 Å². The van der Waals surface area contributed by atoms with E-state index in [0.717, 1.165) is 24.7 Å². The maximum absolute atomic E-state index is 14.3. The second-order valence-corrected chi connectivity index (χ2v) is 8.11. The standard InChI is InChI=1S/C21H23ClF3N5O/c1-2-12-14(6-7-17(31)30-9-15-16(10-30)27-15)28-21(22)29-20(12)26-8-11-4-3-5-13(18(11)23)19(24)25/h3-5,15-16,19,27H,2,6-10H2,1H3,(H,26,28,29)/t15-,16?/m0/s1. The zero-order chi connectivity index (χ0) is 22.1. The largest absolute Gasteiger partial charge is 0.366 e. The summed E-state index contributed by atoms with van der Waals surface area (Å²) in [7, 11) is 0. The highest BCUT2D eigenvalue weighted by atomic mass is 35.5. The van der Waals surface area contributed by atoms with Gasteiger partial charge in [-0.05, 0) is 24.4 Å². The van der Waals surface area contributed by atoms with Crippen LogP contribution in [0.5, 0.6) is 0 Å². The zero-order valence-corrected chi connectivity index (χ0v) is 17.7. The van der Waals surface area contributed by atoms with Crippen LogP contribution in [0.1, 0.15) is 42.2 Å². The second kappa shape index (κ2) is 9.00. The fourth-order valence-electron chi connectivity index (χ4n) is 4.02. The molecule has 3 heterocycles. The molecule has 166 valence electrons. The number of halogens is 4. The minimum absolute atomic E-state index is 0.00979. The zero-order valence-electron chi connectivity index (χ0n) is 17.0. The van der Waals surface area contributed by atoms with E-state index in [1.807, 2.05) is 11.8 Å². The van der Waals surface area contributed by atoms with E-state index < -0.39 is 17.8 Å². The van der Waals surface area contributed by atoms with Crippen molar-refractivity contribution in [1.29, 1.82) is 0 Å². The number of carbonyl (C=O) groups is 1. The Morgan fingerprint density at radius 2 is 2.06 bits per heavy atom. The Kier molecular flexibility index (Phi) is 6.34. The number of hydrogen-bond acceptors (Lipinski definition) is 5. The number of benzene rings is 1. The first kappa shape index (κ1) is 21.8. The number of fused-ring (bicyclic) bond motifs is 1. The Morgan fingerprint density at radius 1 is 1.32 bits per heavy atom. The number of nitrogens with zero attached hydrogens (tertiary/aromatic N) is 3. The van der Waals surface area contributed by atoms with Crippen LogP contribution in [0.15, 0.2) is 18.2 Å². The van der Waals surface area contributed by atoms with E-state index >= 15 is 0 Å². The van der Waals surface area contributed by atoms with Gasteiger partial charge in [0.25, 0.3) is 6.43 Å². The van der Waals surface area contributed by atoms with Crippen LogP contribution < -0.4 is 10.6 Å². The highest BCUT2D eigenvalue weighted by molar-refractivity contribution is 6.28. The van der Waals surface area contributed by atoms with E-state index in [1.54, 1.807) is 0 Å². The quantitative estimate of drug-likeness (QED) is 0.472. The second-order valence-electron chi connectivity index (χ2n) is 7.77. The molecule has 2 aromatic rings.